The quantitative estimate of drug-likeness (QED) is 0.720. The number of amides is 1. The largest absolute Gasteiger partial charge is 0.348 e. The lowest BCUT2D eigenvalue weighted by molar-refractivity contribution is 0.0962. The number of nitrogens with one attached hydrogen (secondary N) is 1. The zero-order chi connectivity index (χ0) is 10.4. The maximum absolute atomic E-state index is 11.4. The standard InChI is InChI=1S/C9H13N3OS/c1-7-12-6-8(14-7)9(13)11-5-3-2-4-10/h2-3,6H,4-5,10H2,1H3,(H,11,13)/b3-2+. The molecule has 0 bridgehead atoms. The molecule has 0 aromatic carbocycles. The molecular formula is C9H13N3OS. The molecule has 4 nitrogen and oxygen atoms in total. The fraction of sp³-hybridized carbons (Fsp3) is 0.333. The minimum absolute atomic E-state index is 0.0859. The number of rotatable bonds is 4. The van der Waals surface area contributed by atoms with Crippen molar-refractivity contribution in [2.45, 2.75) is 6.92 Å². The smallest absolute Gasteiger partial charge is 0.263 e. The normalized spacial score (nSPS) is 10.7. The second-order valence-corrected chi connectivity index (χ2v) is 3.90. The number of aryl methyl sites for hydroxylation is 1. The van der Waals surface area contributed by atoms with Gasteiger partial charge in [0.15, 0.2) is 0 Å². The van der Waals surface area contributed by atoms with Crippen molar-refractivity contribution in [2.24, 2.45) is 5.73 Å². The molecule has 1 rings (SSSR count). The molecule has 5 heteroatoms. The average molecular weight is 211 g/mol. The zero-order valence-electron chi connectivity index (χ0n) is 7.99. The SMILES string of the molecule is Cc1ncc(C(=O)NC/C=C/CN)s1. The Kier molecular flexibility index (Phi) is 4.28. The highest BCUT2D eigenvalue weighted by Gasteiger charge is 2.06. The van der Waals surface area contributed by atoms with Gasteiger partial charge in [-0.2, -0.15) is 0 Å². The summed E-state index contributed by atoms with van der Waals surface area (Å²) in [5.74, 6) is -0.0859. The van der Waals surface area contributed by atoms with E-state index >= 15 is 0 Å². The fourth-order valence-electron chi connectivity index (χ4n) is 0.885. The van der Waals surface area contributed by atoms with Gasteiger partial charge in [0.2, 0.25) is 0 Å². The summed E-state index contributed by atoms with van der Waals surface area (Å²) in [6, 6.07) is 0. The summed E-state index contributed by atoms with van der Waals surface area (Å²) in [4.78, 5) is 16.1. The van der Waals surface area contributed by atoms with Crippen LogP contribution < -0.4 is 11.1 Å². The van der Waals surface area contributed by atoms with Crippen molar-refractivity contribution >= 4 is 17.2 Å². The lowest BCUT2D eigenvalue weighted by Gasteiger charge is -1.97. The predicted molar refractivity (Wildman–Crippen MR) is 57.4 cm³/mol. The average Bonchev–Trinajstić information content (AvgIpc) is 2.59. The Morgan fingerprint density at radius 1 is 1.71 bits per heavy atom. The molecule has 0 saturated carbocycles. The minimum Gasteiger partial charge on any atom is -0.348 e. The fourth-order valence-corrected chi connectivity index (χ4v) is 1.58. The molecule has 1 aromatic heterocycles. The Labute approximate surface area is 86.8 Å². The Hall–Kier alpha value is -1.20. The van der Waals surface area contributed by atoms with Crippen LogP contribution in [0, 0.1) is 6.92 Å². The van der Waals surface area contributed by atoms with E-state index in [0.717, 1.165) is 5.01 Å². The molecule has 0 unspecified atom stereocenters. The molecule has 3 N–H and O–H groups in total. The van der Waals surface area contributed by atoms with Gasteiger partial charge < -0.3 is 11.1 Å². The van der Waals surface area contributed by atoms with E-state index in [2.05, 4.69) is 10.3 Å². The van der Waals surface area contributed by atoms with Gasteiger partial charge in [-0.25, -0.2) is 4.98 Å². The number of aromatic nitrogens is 1. The molecule has 0 radical (unpaired) electrons. The summed E-state index contributed by atoms with van der Waals surface area (Å²) < 4.78 is 0. The highest BCUT2D eigenvalue weighted by Crippen LogP contribution is 2.10. The first-order valence-electron chi connectivity index (χ1n) is 4.29. The third-order valence-corrected chi connectivity index (χ3v) is 2.44. The molecule has 1 aromatic rings. The van der Waals surface area contributed by atoms with Crippen molar-refractivity contribution in [1.29, 1.82) is 0 Å². The van der Waals surface area contributed by atoms with Gasteiger partial charge in [0.1, 0.15) is 4.88 Å². The molecule has 0 aliphatic carbocycles. The van der Waals surface area contributed by atoms with E-state index in [9.17, 15) is 4.79 Å². The molecule has 14 heavy (non-hydrogen) atoms. The van der Waals surface area contributed by atoms with Crippen LogP contribution in [0.1, 0.15) is 14.7 Å². The second-order valence-electron chi connectivity index (χ2n) is 2.66. The van der Waals surface area contributed by atoms with Gasteiger partial charge >= 0.3 is 0 Å². The topological polar surface area (TPSA) is 68.0 Å². The summed E-state index contributed by atoms with van der Waals surface area (Å²) in [7, 11) is 0. The van der Waals surface area contributed by atoms with Crippen LogP contribution in [0.15, 0.2) is 18.3 Å². The Morgan fingerprint density at radius 3 is 3.07 bits per heavy atom. The summed E-state index contributed by atoms with van der Waals surface area (Å²) >= 11 is 1.39. The lowest BCUT2D eigenvalue weighted by Crippen LogP contribution is -2.22. The van der Waals surface area contributed by atoms with E-state index in [0.29, 0.717) is 18.0 Å². The summed E-state index contributed by atoms with van der Waals surface area (Å²) in [5.41, 5.74) is 5.25. The Balaban J connectivity index is 2.39. The number of hydrogen-bond acceptors (Lipinski definition) is 4. The van der Waals surface area contributed by atoms with Crippen LogP contribution in [-0.4, -0.2) is 24.0 Å². The molecule has 0 atom stereocenters. The first-order valence-corrected chi connectivity index (χ1v) is 5.11. The third-order valence-electron chi connectivity index (χ3n) is 1.53. The third kappa shape index (κ3) is 3.27. The van der Waals surface area contributed by atoms with E-state index in [-0.39, 0.29) is 5.91 Å². The van der Waals surface area contributed by atoms with Crippen LogP contribution in [0.25, 0.3) is 0 Å². The van der Waals surface area contributed by atoms with E-state index in [1.807, 2.05) is 13.0 Å². The number of carbonyl (C=O) groups excluding carboxylic acids is 1. The van der Waals surface area contributed by atoms with Gasteiger partial charge in [0, 0.05) is 13.1 Å². The minimum atomic E-state index is -0.0859. The van der Waals surface area contributed by atoms with Crippen LogP contribution >= 0.6 is 11.3 Å². The second kappa shape index (κ2) is 5.51. The molecule has 76 valence electrons. The highest BCUT2D eigenvalue weighted by atomic mass is 32.1. The number of nitrogens with zero attached hydrogens (tertiary/aromatic N) is 1. The van der Waals surface area contributed by atoms with Gasteiger partial charge in [-0.1, -0.05) is 12.2 Å². The molecule has 0 aliphatic rings. The van der Waals surface area contributed by atoms with Gasteiger partial charge in [0.25, 0.3) is 5.91 Å². The first-order chi connectivity index (χ1) is 6.74. The molecule has 1 heterocycles. The summed E-state index contributed by atoms with van der Waals surface area (Å²) in [5, 5.41) is 3.63. The van der Waals surface area contributed by atoms with E-state index in [4.69, 9.17) is 5.73 Å². The maximum Gasteiger partial charge on any atom is 0.263 e. The molecule has 0 fully saturated rings. The summed E-state index contributed by atoms with van der Waals surface area (Å²) in [6.45, 7) is 2.87. The van der Waals surface area contributed by atoms with E-state index < -0.39 is 0 Å². The van der Waals surface area contributed by atoms with E-state index in [1.54, 1.807) is 12.3 Å². The zero-order valence-corrected chi connectivity index (χ0v) is 8.80. The predicted octanol–water partition coefficient (Wildman–Crippen LogP) is 0.696. The Morgan fingerprint density at radius 2 is 2.50 bits per heavy atom. The van der Waals surface area contributed by atoms with Crippen LogP contribution in [0.5, 0.6) is 0 Å². The number of carbonyl (C=O) groups is 1. The number of thiazole rings is 1. The lowest BCUT2D eigenvalue weighted by atomic mass is 10.4. The van der Waals surface area contributed by atoms with Crippen molar-refractivity contribution in [3.8, 4) is 0 Å². The van der Waals surface area contributed by atoms with Gasteiger partial charge in [0.05, 0.1) is 11.2 Å². The van der Waals surface area contributed by atoms with Crippen molar-refractivity contribution in [1.82, 2.24) is 10.3 Å². The van der Waals surface area contributed by atoms with Crippen LogP contribution in [0.4, 0.5) is 0 Å². The highest BCUT2D eigenvalue weighted by molar-refractivity contribution is 7.13. The van der Waals surface area contributed by atoms with Crippen LogP contribution in [0.2, 0.25) is 0 Å². The van der Waals surface area contributed by atoms with Crippen molar-refractivity contribution < 1.29 is 4.79 Å². The van der Waals surface area contributed by atoms with Crippen LogP contribution in [0.3, 0.4) is 0 Å². The monoisotopic (exact) mass is 211 g/mol. The van der Waals surface area contributed by atoms with E-state index in [1.165, 1.54) is 11.3 Å². The molecule has 0 aliphatic heterocycles. The van der Waals surface area contributed by atoms with Gasteiger partial charge in [-0.15, -0.1) is 11.3 Å². The Bertz CT molecular complexity index is 333. The van der Waals surface area contributed by atoms with Crippen LogP contribution in [-0.2, 0) is 0 Å². The molecule has 1 amide bonds. The van der Waals surface area contributed by atoms with Crippen molar-refractivity contribution in [3.63, 3.8) is 0 Å². The first kappa shape index (κ1) is 10.9. The molecular weight excluding hydrogens is 198 g/mol. The van der Waals surface area contributed by atoms with Gasteiger partial charge in [-0.05, 0) is 6.92 Å². The number of hydrogen-bond donors (Lipinski definition) is 2. The summed E-state index contributed by atoms with van der Waals surface area (Å²) in [6.07, 6.45) is 5.21. The van der Waals surface area contributed by atoms with Crippen molar-refractivity contribution in [3.05, 3.63) is 28.2 Å². The molecule has 0 saturated heterocycles. The molecule has 0 spiro atoms. The van der Waals surface area contributed by atoms with Crippen molar-refractivity contribution in [2.75, 3.05) is 13.1 Å². The number of nitrogens with two attached hydrogens (primary N) is 1. The maximum atomic E-state index is 11.4. The van der Waals surface area contributed by atoms with Gasteiger partial charge in [-0.3, -0.25) is 4.79 Å².